The van der Waals surface area contributed by atoms with E-state index in [9.17, 15) is 9.90 Å². The van der Waals surface area contributed by atoms with Crippen molar-refractivity contribution in [1.82, 2.24) is 29.7 Å². The van der Waals surface area contributed by atoms with E-state index in [0.717, 1.165) is 41.8 Å². The molecule has 0 spiro atoms. The molecule has 0 radical (unpaired) electrons. The first-order chi connectivity index (χ1) is 30.7. The fourth-order valence-electron chi connectivity index (χ4n) is 8.34. The van der Waals surface area contributed by atoms with Crippen LogP contribution in [0, 0.1) is 5.82 Å². The topological polar surface area (TPSA) is 141 Å². The second-order valence-electron chi connectivity index (χ2n) is 15.6. The van der Waals surface area contributed by atoms with E-state index in [2.05, 4.69) is 31.8 Å². The van der Waals surface area contributed by atoms with Crippen molar-refractivity contribution in [2.24, 2.45) is 0 Å². The predicted octanol–water partition coefficient (Wildman–Crippen LogP) is 8.45. The Morgan fingerprint density at radius 2 is 1.76 bits per heavy atom. The number of rotatable bonds is 8. The summed E-state index contributed by atoms with van der Waals surface area (Å²) in [6, 6.07) is 22.9. The van der Waals surface area contributed by atoms with Gasteiger partial charge in [-0.3, -0.25) is 4.90 Å². The lowest BCUT2D eigenvalue weighted by Crippen LogP contribution is -2.49. The fourth-order valence-corrected chi connectivity index (χ4v) is 9.84. The minimum atomic E-state index is -1.42. The first kappa shape index (κ1) is 40.7. The van der Waals surface area contributed by atoms with Gasteiger partial charge in [0.1, 0.15) is 59.3 Å². The molecule has 8 aromatic rings. The molecule has 63 heavy (non-hydrogen) atoms. The zero-order valence-corrected chi connectivity index (χ0v) is 35.8. The van der Waals surface area contributed by atoms with Crippen molar-refractivity contribution in [3.63, 3.8) is 0 Å². The number of nitrogens with zero attached hydrogens (tertiary/aromatic N) is 6. The third kappa shape index (κ3) is 7.97. The van der Waals surface area contributed by atoms with Gasteiger partial charge in [-0.2, -0.15) is 0 Å². The molecular formula is C47H40ClFN6O7S. The highest BCUT2D eigenvalue weighted by Crippen LogP contribution is 2.49. The summed E-state index contributed by atoms with van der Waals surface area (Å²) in [4.78, 5) is 36.7. The standard InChI is InChI=1S/C47H40ClFN6O7S/c1-54-15-17-55(18-16-54)22-30-24-59-29-8-11-35(60-23-28-13-14-50-44(53-28)32-5-3-4-6-36(32)58-2)26(19-29)20-38(47(56)57)62-45-41-40-33-10-12-37(61-30)42(48)39(33)34-21-27(49)7-9-31(34)43(40)63-46(41)52-25-51-45/h3-14,19,21,25,30,38H,15-18,20,22-24H2,1-2H3,(H,56,57)/t30-,38?/m1/s1. The number of aliphatic carboxylic acids is 1. The molecular weight excluding hydrogens is 847 g/mol. The molecule has 1 fully saturated rings. The van der Waals surface area contributed by atoms with Crippen molar-refractivity contribution >= 4 is 70.8 Å². The molecule has 320 valence electrons. The Balaban J connectivity index is 1.09. The number of hydrogen-bond acceptors (Lipinski definition) is 13. The van der Waals surface area contributed by atoms with Crippen LogP contribution in [0.25, 0.3) is 53.2 Å². The molecule has 6 bridgehead atoms. The monoisotopic (exact) mass is 886 g/mol. The summed E-state index contributed by atoms with van der Waals surface area (Å²) in [5.74, 6) is 0.855. The zero-order valence-electron chi connectivity index (χ0n) is 34.2. The van der Waals surface area contributed by atoms with Crippen LogP contribution in [0.2, 0.25) is 5.02 Å². The Kier molecular flexibility index (Phi) is 11.0. The molecule has 0 amide bonds. The second-order valence-corrected chi connectivity index (χ2v) is 17.0. The van der Waals surface area contributed by atoms with Gasteiger partial charge in [0.2, 0.25) is 12.0 Å². The Morgan fingerprint density at radius 1 is 0.921 bits per heavy atom. The lowest BCUT2D eigenvalue weighted by Gasteiger charge is -2.34. The summed E-state index contributed by atoms with van der Waals surface area (Å²) in [6.07, 6.45) is 0.973. The number of methoxy groups -OCH3 is 1. The molecule has 16 heteroatoms. The normalized spacial score (nSPS) is 17.3. The average Bonchev–Trinajstić information content (AvgIpc) is 3.69. The van der Waals surface area contributed by atoms with E-state index in [0.29, 0.717) is 83.4 Å². The zero-order chi connectivity index (χ0) is 43.2. The van der Waals surface area contributed by atoms with Gasteiger partial charge >= 0.3 is 5.97 Å². The molecule has 6 heterocycles. The summed E-state index contributed by atoms with van der Waals surface area (Å²) in [6.45, 7) is 4.24. The molecule has 1 unspecified atom stereocenters. The van der Waals surface area contributed by atoms with Gasteiger partial charge < -0.3 is 33.7 Å². The van der Waals surface area contributed by atoms with E-state index in [1.807, 2.05) is 36.4 Å². The van der Waals surface area contributed by atoms with Crippen LogP contribution in [-0.4, -0.2) is 107 Å². The van der Waals surface area contributed by atoms with Crippen LogP contribution < -0.4 is 23.7 Å². The number of benzene rings is 5. The maximum atomic E-state index is 15.1. The van der Waals surface area contributed by atoms with Gasteiger partial charge in [0, 0.05) is 71.8 Å². The molecule has 3 aliphatic rings. The van der Waals surface area contributed by atoms with Crippen LogP contribution in [0.1, 0.15) is 11.3 Å². The molecule has 0 aliphatic carbocycles. The molecule has 13 nitrogen and oxygen atoms in total. The number of piperazine rings is 1. The highest BCUT2D eigenvalue weighted by molar-refractivity contribution is 7.26. The largest absolute Gasteiger partial charge is 0.496 e. The van der Waals surface area contributed by atoms with Gasteiger partial charge in [0.05, 0.1) is 28.8 Å². The molecule has 2 atom stereocenters. The molecule has 1 N–H and O–H groups in total. The van der Waals surface area contributed by atoms with Crippen LogP contribution in [-0.2, 0) is 17.8 Å². The van der Waals surface area contributed by atoms with Crippen molar-refractivity contribution in [3.05, 3.63) is 113 Å². The van der Waals surface area contributed by atoms with Crippen LogP contribution in [0.3, 0.4) is 0 Å². The van der Waals surface area contributed by atoms with Crippen LogP contribution in [0.15, 0.2) is 91.4 Å². The first-order valence-corrected chi connectivity index (χ1v) is 21.6. The van der Waals surface area contributed by atoms with Crippen LogP contribution in [0.4, 0.5) is 4.39 Å². The third-order valence-corrected chi connectivity index (χ3v) is 13.0. The van der Waals surface area contributed by atoms with Gasteiger partial charge in [-0.1, -0.05) is 29.8 Å². The highest BCUT2D eigenvalue weighted by Gasteiger charge is 2.29. The third-order valence-electron chi connectivity index (χ3n) is 11.5. The minimum absolute atomic E-state index is 0.0523. The van der Waals surface area contributed by atoms with Crippen molar-refractivity contribution in [1.29, 1.82) is 0 Å². The number of aromatic nitrogens is 4. The van der Waals surface area contributed by atoms with Gasteiger partial charge in [-0.05, 0) is 78.5 Å². The minimum Gasteiger partial charge on any atom is -0.496 e. The molecule has 11 rings (SSSR count). The van der Waals surface area contributed by atoms with Gasteiger partial charge in [-0.15, -0.1) is 11.3 Å². The van der Waals surface area contributed by atoms with Crippen molar-refractivity contribution < 1.29 is 38.0 Å². The number of carboxylic acids is 1. The highest BCUT2D eigenvalue weighted by atomic mass is 35.5. The van der Waals surface area contributed by atoms with Crippen LogP contribution in [0.5, 0.6) is 28.9 Å². The molecule has 0 saturated carbocycles. The maximum Gasteiger partial charge on any atom is 0.345 e. The van der Waals surface area contributed by atoms with Crippen LogP contribution >= 0.6 is 22.9 Å². The van der Waals surface area contributed by atoms with E-state index in [-0.39, 0.29) is 25.5 Å². The number of carbonyl (C=O) groups is 1. The van der Waals surface area contributed by atoms with E-state index in [1.54, 1.807) is 43.6 Å². The predicted molar refractivity (Wildman–Crippen MR) is 239 cm³/mol. The molecule has 1 saturated heterocycles. The lowest BCUT2D eigenvalue weighted by atomic mass is 9.97. The van der Waals surface area contributed by atoms with Crippen molar-refractivity contribution in [2.75, 3.05) is 53.5 Å². The number of carboxylic acid groups (broad SMARTS) is 1. The molecule has 3 aromatic heterocycles. The number of fused-ring (bicyclic) bond motifs is 8. The first-order valence-electron chi connectivity index (χ1n) is 20.4. The SMILES string of the molecule is COc1ccccc1-c1nccc(COc2ccc3cc2CC(C(=O)O)Oc2ncnc4sc5c6ccc(F)cc6c6c(Cl)c(ccc6c5c24)O[C@H](CN2CCN(C)CC2)CO3)n1. The van der Waals surface area contributed by atoms with Crippen molar-refractivity contribution in [3.8, 4) is 40.3 Å². The number of hydrogen-bond donors (Lipinski definition) is 1. The average molecular weight is 887 g/mol. The van der Waals surface area contributed by atoms with Gasteiger partial charge in [0.15, 0.2) is 5.82 Å². The van der Waals surface area contributed by atoms with Gasteiger partial charge in [-0.25, -0.2) is 29.1 Å². The van der Waals surface area contributed by atoms with Crippen molar-refractivity contribution in [2.45, 2.75) is 25.2 Å². The number of halogens is 2. The molecule has 3 aliphatic heterocycles. The summed E-state index contributed by atoms with van der Waals surface area (Å²) in [5, 5.41) is 14.9. The summed E-state index contributed by atoms with van der Waals surface area (Å²) >= 11 is 8.75. The Bertz CT molecular complexity index is 3060. The number of thiophene rings is 1. The van der Waals surface area contributed by atoms with E-state index >= 15 is 4.39 Å². The Morgan fingerprint density at radius 3 is 2.60 bits per heavy atom. The Hall–Kier alpha value is -6.39. The quantitative estimate of drug-likeness (QED) is 0.146. The fraction of sp³-hybridized carbons (Fsp3) is 0.255. The summed E-state index contributed by atoms with van der Waals surface area (Å²) in [7, 11) is 3.70. The second kappa shape index (κ2) is 17.1. The van der Waals surface area contributed by atoms with E-state index < -0.39 is 24.0 Å². The Labute approximate surface area is 369 Å². The number of ether oxygens (including phenoxy) is 5. The smallest absolute Gasteiger partial charge is 0.345 e. The number of likely N-dealkylation sites (N-methyl/N-ethyl adjacent to an activating group) is 1. The maximum absolute atomic E-state index is 15.1. The summed E-state index contributed by atoms with van der Waals surface area (Å²) < 4.78 is 47.6. The van der Waals surface area contributed by atoms with E-state index in [1.165, 1.54) is 29.8 Å². The lowest BCUT2D eigenvalue weighted by molar-refractivity contribution is -0.145. The van der Waals surface area contributed by atoms with Gasteiger partial charge in [0.25, 0.3) is 0 Å². The number of para-hydroxylation sites is 1. The summed E-state index contributed by atoms with van der Waals surface area (Å²) in [5.41, 5.74) is 1.85. The van der Waals surface area contributed by atoms with E-state index in [4.69, 9.17) is 40.3 Å². The molecule has 5 aromatic carbocycles.